The Morgan fingerprint density at radius 2 is 2.06 bits per heavy atom. The van der Waals surface area contributed by atoms with Crippen molar-refractivity contribution in [3.05, 3.63) is 42.9 Å². The lowest BCUT2D eigenvalue weighted by Crippen LogP contribution is -1.72. The van der Waals surface area contributed by atoms with Gasteiger partial charge in [-0.15, -0.1) is 0 Å². The number of benzene rings is 1. The van der Waals surface area contributed by atoms with Crippen LogP contribution in [0.25, 0.3) is 27.4 Å². The molecule has 4 rings (SSSR count). The molecule has 0 unspecified atom stereocenters. The van der Waals surface area contributed by atoms with Gasteiger partial charge in [0.1, 0.15) is 11.3 Å². The van der Waals surface area contributed by atoms with Gasteiger partial charge in [-0.25, -0.2) is 8.77 Å². The van der Waals surface area contributed by atoms with Crippen molar-refractivity contribution in [2.24, 2.45) is 0 Å². The highest BCUT2D eigenvalue weighted by Crippen LogP contribution is 2.27. The summed E-state index contributed by atoms with van der Waals surface area (Å²) in [5.74, 6) is 0.743. The molecule has 0 aliphatic rings. The number of rotatable bonds is 1. The quantitative estimate of drug-likeness (QED) is 0.514. The lowest BCUT2D eigenvalue weighted by atomic mass is 10.3. The lowest BCUT2D eigenvalue weighted by Gasteiger charge is -1.87. The molecular formula is C12H7N3OS. The van der Waals surface area contributed by atoms with Crippen molar-refractivity contribution in [1.82, 2.24) is 13.8 Å². The van der Waals surface area contributed by atoms with Crippen LogP contribution in [0.15, 0.2) is 47.3 Å². The highest BCUT2D eigenvalue weighted by molar-refractivity contribution is 7.10. The van der Waals surface area contributed by atoms with Crippen LogP contribution in [0.1, 0.15) is 0 Å². The van der Waals surface area contributed by atoms with Crippen LogP contribution in [-0.4, -0.2) is 13.8 Å². The van der Waals surface area contributed by atoms with Gasteiger partial charge >= 0.3 is 0 Å². The van der Waals surface area contributed by atoms with Gasteiger partial charge in [0.25, 0.3) is 0 Å². The Balaban J connectivity index is 2.05. The molecule has 1 aromatic carbocycles. The molecule has 3 aromatic heterocycles. The highest BCUT2D eigenvalue weighted by Gasteiger charge is 2.11. The molecular weight excluding hydrogens is 234 g/mol. The number of nitrogens with zero attached hydrogens (tertiary/aromatic N) is 3. The van der Waals surface area contributed by atoms with Crippen LogP contribution in [0, 0.1) is 0 Å². The van der Waals surface area contributed by atoms with E-state index >= 15 is 0 Å². The first kappa shape index (κ1) is 8.95. The maximum absolute atomic E-state index is 5.07. The molecule has 3 heterocycles. The van der Waals surface area contributed by atoms with Crippen molar-refractivity contribution >= 4 is 28.3 Å². The standard InChI is InChI=1S/C12H7N3OS/c1-2-4-10-9(3-1)13-12-14-11(17-15(10)12)8-5-6-16-7-8/h1-7H. The second-order valence-corrected chi connectivity index (χ2v) is 4.65. The number of aromatic nitrogens is 3. The molecule has 0 saturated carbocycles. The normalized spacial score (nSPS) is 11.5. The molecule has 4 nitrogen and oxygen atoms in total. The van der Waals surface area contributed by atoms with Crippen molar-refractivity contribution in [2.45, 2.75) is 0 Å². The first-order chi connectivity index (χ1) is 8.42. The second-order valence-electron chi connectivity index (χ2n) is 3.72. The summed E-state index contributed by atoms with van der Waals surface area (Å²) in [5.41, 5.74) is 3.06. The van der Waals surface area contributed by atoms with Gasteiger partial charge in [0, 0.05) is 0 Å². The van der Waals surface area contributed by atoms with Crippen LogP contribution in [-0.2, 0) is 0 Å². The predicted molar refractivity (Wildman–Crippen MR) is 66.1 cm³/mol. The average molecular weight is 241 g/mol. The number of imidazole rings is 1. The Bertz CT molecular complexity index is 798. The topological polar surface area (TPSA) is 43.3 Å². The van der Waals surface area contributed by atoms with Gasteiger partial charge in [0.2, 0.25) is 5.78 Å². The number of furan rings is 1. The minimum Gasteiger partial charge on any atom is -0.472 e. The summed E-state index contributed by atoms with van der Waals surface area (Å²) in [7, 11) is 0. The molecule has 0 aliphatic heterocycles. The maximum atomic E-state index is 5.07. The zero-order chi connectivity index (χ0) is 11.2. The van der Waals surface area contributed by atoms with E-state index in [1.165, 1.54) is 0 Å². The smallest absolute Gasteiger partial charge is 0.246 e. The third kappa shape index (κ3) is 1.23. The summed E-state index contributed by atoms with van der Waals surface area (Å²) in [6.45, 7) is 0. The van der Waals surface area contributed by atoms with Gasteiger partial charge < -0.3 is 4.42 Å². The number of fused-ring (bicyclic) bond motifs is 3. The monoisotopic (exact) mass is 241 g/mol. The Kier molecular flexibility index (Phi) is 1.67. The van der Waals surface area contributed by atoms with Gasteiger partial charge in [-0.3, -0.25) is 0 Å². The molecule has 0 N–H and O–H groups in total. The summed E-state index contributed by atoms with van der Waals surface area (Å²) in [6, 6.07) is 9.94. The van der Waals surface area contributed by atoms with Crippen LogP contribution in [0.4, 0.5) is 0 Å². The minimum atomic E-state index is 0.743. The van der Waals surface area contributed by atoms with Crippen LogP contribution in [0.2, 0.25) is 0 Å². The third-order valence-electron chi connectivity index (χ3n) is 2.65. The molecule has 82 valence electrons. The Hall–Kier alpha value is -2.14. The fraction of sp³-hybridized carbons (Fsp3) is 0. The fourth-order valence-corrected chi connectivity index (χ4v) is 2.79. The molecule has 0 fully saturated rings. The Morgan fingerprint density at radius 1 is 1.12 bits per heavy atom. The van der Waals surface area contributed by atoms with Crippen molar-refractivity contribution in [3.63, 3.8) is 0 Å². The van der Waals surface area contributed by atoms with Gasteiger partial charge in [0.05, 0.1) is 22.9 Å². The SMILES string of the molecule is c1ccc2c(c1)nc1nc(-c3ccoc3)sn12. The van der Waals surface area contributed by atoms with Gasteiger partial charge in [-0.1, -0.05) is 12.1 Å². The van der Waals surface area contributed by atoms with Crippen molar-refractivity contribution < 1.29 is 4.42 Å². The van der Waals surface area contributed by atoms with E-state index in [4.69, 9.17) is 4.42 Å². The van der Waals surface area contributed by atoms with E-state index in [-0.39, 0.29) is 0 Å². The Morgan fingerprint density at radius 3 is 2.94 bits per heavy atom. The molecule has 0 spiro atoms. The van der Waals surface area contributed by atoms with Crippen LogP contribution in [0.3, 0.4) is 0 Å². The first-order valence-corrected chi connectivity index (χ1v) is 5.96. The van der Waals surface area contributed by atoms with Gasteiger partial charge in [-0.05, 0) is 29.7 Å². The molecule has 0 saturated heterocycles. The minimum absolute atomic E-state index is 0.743. The average Bonchev–Trinajstić information content (AvgIpc) is 3.03. The fourth-order valence-electron chi connectivity index (χ4n) is 1.85. The zero-order valence-electron chi connectivity index (χ0n) is 8.70. The van der Waals surface area contributed by atoms with E-state index in [1.807, 2.05) is 34.1 Å². The molecule has 4 aromatic rings. The van der Waals surface area contributed by atoms with Crippen molar-refractivity contribution in [2.75, 3.05) is 0 Å². The van der Waals surface area contributed by atoms with Crippen LogP contribution >= 0.6 is 11.5 Å². The zero-order valence-corrected chi connectivity index (χ0v) is 9.52. The van der Waals surface area contributed by atoms with E-state index < -0.39 is 0 Å². The van der Waals surface area contributed by atoms with Crippen molar-refractivity contribution in [1.29, 1.82) is 0 Å². The first-order valence-electron chi connectivity index (χ1n) is 5.19. The second kappa shape index (κ2) is 3.18. The van der Waals surface area contributed by atoms with E-state index in [2.05, 4.69) is 9.97 Å². The summed E-state index contributed by atoms with van der Waals surface area (Å²) in [5, 5.41) is 0.923. The number of para-hydroxylation sites is 2. The molecule has 0 radical (unpaired) electrons. The molecule has 0 amide bonds. The molecule has 0 aliphatic carbocycles. The lowest BCUT2D eigenvalue weighted by molar-refractivity contribution is 0.568. The number of hydrogen-bond donors (Lipinski definition) is 0. The van der Waals surface area contributed by atoms with Crippen LogP contribution < -0.4 is 0 Å². The van der Waals surface area contributed by atoms with E-state index in [1.54, 1.807) is 24.1 Å². The third-order valence-corrected chi connectivity index (χ3v) is 3.69. The molecule has 17 heavy (non-hydrogen) atoms. The van der Waals surface area contributed by atoms with Crippen molar-refractivity contribution in [3.8, 4) is 10.6 Å². The molecule has 0 atom stereocenters. The van der Waals surface area contributed by atoms with Crippen LogP contribution in [0.5, 0.6) is 0 Å². The summed E-state index contributed by atoms with van der Waals surface area (Å²) < 4.78 is 7.11. The molecule has 5 heteroatoms. The van der Waals surface area contributed by atoms with Gasteiger partial charge in [0.15, 0.2) is 0 Å². The highest BCUT2D eigenvalue weighted by atomic mass is 32.1. The van der Waals surface area contributed by atoms with E-state index in [9.17, 15) is 0 Å². The van der Waals surface area contributed by atoms with E-state index in [0.29, 0.717) is 0 Å². The summed E-state index contributed by atoms with van der Waals surface area (Å²) in [4.78, 5) is 8.98. The molecule has 0 bridgehead atoms. The van der Waals surface area contributed by atoms with E-state index in [0.717, 1.165) is 27.4 Å². The summed E-state index contributed by atoms with van der Waals surface area (Å²) in [6.07, 6.45) is 3.35. The largest absolute Gasteiger partial charge is 0.472 e. The Labute approximate surface area is 100 Å². The van der Waals surface area contributed by atoms with Gasteiger partial charge in [-0.2, -0.15) is 4.98 Å². The predicted octanol–water partition coefficient (Wildman–Crippen LogP) is 3.20. The maximum Gasteiger partial charge on any atom is 0.246 e. The number of hydrogen-bond acceptors (Lipinski definition) is 4. The summed E-state index contributed by atoms with van der Waals surface area (Å²) >= 11 is 1.57.